The summed E-state index contributed by atoms with van der Waals surface area (Å²) in [6.07, 6.45) is 11.4. The number of imidazole rings is 4. The molecule has 0 aliphatic carbocycles. The van der Waals surface area contributed by atoms with Crippen LogP contribution in [0.5, 0.6) is 5.75 Å². The van der Waals surface area contributed by atoms with Gasteiger partial charge >= 0.3 is 0 Å². The molecule has 1 unspecified atom stereocenters. The minimum atomic E-state index is 0. The number of carbonyl (C=O) groups is 4. The van der Waals surface area contributed by atoms with E-state index in [0.29, 0.717) is 34.9 Å². The quantitative estimate of drug-likeness (QED) is 0.0758. The molecule has 108 heavy (non-hydrogen) atoms. The molecule has 0 saturated carbocycles. The van der Waals surface area contributed by atoms with Gasteiger partial charge < -0.3 is 41.0 Å². The maximum absolute atomic E-state index is 11.6. The number of carbonyl (C=O) groups excluding carboxylic acids is 4. The van der Waals surface area contributed by atoms with Crippen molar-refractivity contribution in [3.8, 4) is 62.0 Å². The SMILES string of the molecule is C.CC(=O)c1ccc(-c2cnc3ccc(-c4ccc(OCCN5CCOCC5)cc4)nn23)cc1.CC(=O)c1ccc(-c2cnc3ccc(N4CCC(N)CC4)nn23)cc1.CC(=O)c1ccc(-c2cnc3ccc(N4CCCC(N)C4)nn23)cc1.CC(=O)c1ccc(-c2cnc3ccc(N4CCNCC4)nn23)cc1. The molecule has 4 aliphatic heterocycles. The number of benzene rings is 5. The first-order valence-electron chi connectivity index (χ1n) is 36.5. The Bertz CT molecular complexity index is 5250. The minimum absolute atomic E-state index is 0. The van der Waals surface area contributed by atoms with E-state index in [2.05, 4.69) is 44.9 Å². The van der Waals surface area contributed by atoms with Crippen molar-refractivity contribution < 1.29 is 28.7 Å². The number of hydrogen-bond acceptors (Lipinski definition) is 21. The fraction of sp³-hybridized carbons (Fsp3) is 0.301. The second-order valence-electron chi connectivity index (χ2n) is 27.2. The molecular weight excluding hydrogens is 1360 g/mol. The lowest BCUT2D eigenvalue weighted by atomic mass is 10.1. The van der Waals surface area contributed by atoms with Crippen LogP contribution in [0.2, 0.25) is 0 Å². The molecule has 5 aromatic carbocycles. The average Bonchev–Trinajstić information content (AvgIpc) is 1.65. The summed E-state index contributed by atoms with van der Waals surface area (Å²) in [6.45, 7) is 18.9. The highest BCUT2D eigenvalue weighted by molar-refractivity contribution is 5.96. The first-order valence-corrected chi connectivity index (χ1v) is 36.5. The van der Waals surface area contributed by atoms with Crippen molar-refractivity contribution >= 4 is 63.2 Å². The number of piperidine rings is 2. The van der Waals surface area contributed by atoms with Crippen molar-refractivity contribution in [1.82, 2.24) is 68.6 Å². The fourth-order valence-electron chi connectivity index (χ4n) is 13.5. The molecule has 4 saturated heterocycles. The summed E-state index contributed by atoms with van der Waals surface area (Å²) in [5.41, 5.74) is 27.5. The molecule has 25 heteroatoms. The van der Waals surface area contributed by atoms with E-state index in [-0.39, 0.29) is 36.6 Å². The van der Waals surface area contributed by atoms with Gasteiger partial charge in [-0.1, -0.05) is 104 Å². The summed E-state index contributed by atoms with van der Waals surface area (Å²) < 4.78 is 18.7. The third-order valence-electron chi connectivity index (χ3n) is 19.8. The smallest absolute Gasteiger partial charge is 0.159 e. The number of nitrogens with two attached hydrogens (primary N) is 2. The molecule has 554 valence electrons. The summed E-state index contributed by atoms with van der Waals surface area (Å²) in [5.74, 6) is 3.92. The van der Waals surface area contributed by atoms with Gasteiger partial charge in [0.15, 0.2) is 45.7 Å². The van der Waals surface area contributed by atoms with Gasteiger partial charge in [-0.3, -0.25) is 24.1 Å². The van der Waals surface area contributed by atoms with Gasteiger partial charge in [0, 0.05) is 134 Å². The van der Waals surface area contributed by atoms with Crippen LogP contribution in [-0.2, 0) is 4.74 Å². The van der Waals surface area contributed by atoms with Crippen molar-refractivity contribution in [2.75, 3.05) is 107 Å². The predicted octanol–water partition coefficient (Wildman–Crippen LogP) is 11.7. The van der Waals surface area contributed by atoms with Gasteiger partial charge in [0.05, 0.1) is 66.5 Å². The average molecular weight is 1450 g/mol. The van der Waals surface area contributed by atoms with Crippen LogP contribution in [0.3, 0.4) is 0 Å². The van der Waals surface area contributed by atoms with E-state index in [1.54, 1.807) is 33.9 Å². The van der Waals surface area contributed by atoms with Crippen molar-refractivity contribution in [1.29, 1.82) is 0 Å². The van der Waals surface area contributed by atoms with Crippen LogP contribution in [0, 0.1) is 0 Å². The number of rotatable bonds is 16. The lowest BCUT2D eigenvalue weighted by molar-refractivity contribution is 0.0322. The number of fused-ring (bicyclic) bond motifs is 4. The van der Waals surface area contributed by atoms with Crippen LogP contribution in [0.4, 0.5) is 17.5 Å². The van der Waals surface area contributed by atoms with Crippen molar-refractivity contribution in [2.45, 2.75) is 72.9 Å². The zero-order chi connectivity index (χ0) is 73.9. The van der Waals surface area contributed by atoms with Crippen LogP contribution in [0.1, 0.15) is 102 Å². The van der Waals surface area contributed by atoms with E-state index in [4.69, 9.17) is 41.3 Å². The Morgan fingerprint density at radius 3 is 1.19 bits per heavy atom. The summed E-state index contributed by atoms with van der Waals surface area (Å²) in [6, 6.07) is 54.7. The van der Waals surface area contributed by atoms with Crippen molar-refractivity contribution in [3.05, 3.63) is 217 Å². The number of Topliss-reactive ketones (excluding diaryl/α,β-unsaturated/α-hetero) is 4. The Morgan fingerprint density at radius 2 is 0.787 bits per heavy atom. The van der Waals surface area contributed by atoms with E-state index < -0.39 is 0 Å². The Morgan fingerprint density at radius 1 is 0.417 bits per heavy atom. The van der Waals surface area contributed by atoms with E-state index in [1.807, 2.05) is 207 Å². The molecule has 0 bridgehead atoms. The van der Waals surface area contributed by atoms with Gasteiger partial charge in [0.2, 0.25) is 0 Å². The summed E-state index contributed by atoms with van der Waals surface area (Å²) in [7, 11) is 0. The molecule has 1 atom stereocenters. The third kappa shape index (κ3) is 17.5. The molecule has 0 spiro atoms. The molecule has 0 radical (unpaired) electrons. The van der Waals surface area contributed by atoms with Crippen LogP contribution in [0.15, 0.2) is 195 Å². The molecule has 4 fully saturated rings. The Balaban J connectivity index is 0.000000128. The van der Waals surface area contributed by atoms with Gasteiger partial charge in [-0.15, -0.1) is 15.3 Å². The second kappa shape index (κ2) is 34.2. The number of morpholine rings is 1. The van der Waals surface area contributed by atoms with Crippen LogP contribution < -0.4 is 36.2 Å². The monoisotopic (exact) mass is 1450 g/mol. The Kier molecular flexibility index (Phi) is 23.6. The second-order valence-corrected chi connectivity index (χ2v) is 27.2. The molecule has 4 aliphatic rings. The minimum Gasteiger partial charge on any atom is -0.492 e. The number of hydrogen-bond donors (Lipinski definition) is 3. The zero-order valence-electron chi connectivity index (χ0n) is 60.6. The molecule has 17 rings (SSSR count). The molecule has 13 aromatic rings. The first-order chi connectivity index (χ1) is 52.1. The topological polar surface area (TPSA) is 285 Å². The van der Waals surface area contributed by atoms with E-state index in [9.17, 15) is 19.2 Å². The van der Waals surface area contributed by atoms with Crippen molar-refractivity contribution in [2.24, 2.45) is 11.5 Å². The Labute approximate surface area is 627 Å². The molecule has 5 N–H and O–H groups in total. The number of nitrogens with one attached hydrogen (secondary N) is 1. The number of piperazine rings is 1. The summed E-state index contributed by atoms with van der Waals surface area (Å²) in [5, 5.41) is 22.5. The maximum atomic E-state index is 11.6. The first kappa shape index (κ1) is 74.5. The maximum Gasteiger partial charge on any atom is 0.159 e. The number of ketones is 4. The summed E-state index contributed by atoms with van der Waals surface area (Å²) >= 11 is 0. The van der Waals surface area contributed by atoms with Gasteiger partial charge in [-0.05, 0) is 126 Å². The van der Waals surface area contributed by atoms with Crippen molar-refractivity contribution in [3.63, 3.8) is 0 Å². The fourth-order valence-corrected chi connectivity index (χ4v) is 13.5. The molecular formula is C83H91N19O6. The van der Waals surface area contributed by atoms with Gasteiger partial charge in [-0.2, -0.15) is 5.10 Å². The summed E-state index contributed by atoms with van der Waals surface area (Å²) in [4.78, 5) is 72.9. The molecule has 8 aromatic heterocycles. The van der Waals surface area contributed by atoms with E-state index in [0.717, 1.165) is 213 Å². The number of nitrogens with zero attached hydrogens (tertiary/aromatic N) is 16. The zero-order valence-corrected chi connectivity index (χ0v) is 60.6. The molecule has 0 amide bonds. The highest BCUT2D eigenvalue weighted by Crippen LogP contribution is 2.30. The van der Waals surface area contributed by atoms with E-state index in [1.165, 1.54) is 0 Å². The largest absolute Gasteiger partial charge is 0.492 e. The molecule has 12 heterocycles. The lowest BCUT2D eigenvalue weighted by Gasteiger charge is -2.31. The van der Waals surface area contributed by atoms with Gasteiger partial charge in [0.25, 0.3) is 0 Å². The molecule has 25 nitrogen and oxygen atoms in total. The lowest BCUT2D eigenvalue weighted by Crippen LogP contribution is -2.44. The third-order valence-corrected chi connectivity index (χ3v) is 19.8. The van der Waals surface area contributed by atoms with Crippen LogP contribution in [0.25, 0.3) is 78.9 Å². The predicted molar refractivity (Wildman–Crippen MR) is 423 cm³/mol. The highest BCUT2D eigenvalue weighted by Gasteiger charge is 2.23. The van der Waals surface area contributed by atoms with Crippen LogP contribution >= 0.6 is 0 Å². The van der Waals surface area contributed by atoms with E-state index >= 15 is 0 Å². The van der Waals surface area contributed by atoms with Gasteiger partial charge in [-0.25, -0.2) is 38.0 Å². The standard InChI is InChI=1S/C26H26N4O3.2C19H21N5O.C18H19N5O.CH4/c1-19(31)20-2-4-22(5-3-20)25-18-27-26-11-10-24(28-30(25)26)21-6-8-23(9-7-21)33-17-14-29-12-15-32-16-13-29;1-13(25)14-2-4-15(5-3-14)17-12-21-18-6-7-19(22-24(17)18)23-10-8-16(20)9-11-23;1-13(25)14-4-6-15(7-5-14)17-11-21-18-8-9-19(22-24(17)18)23-10-2-3-16(20)12-23;1-13(24)14-2-4-15(5-3-14)16-12-20-17-6-7-18(21-23(16)17)22-10-8-19-9-11-22;/h2-11,18H,12-17H2,1H3;2-7,12,16H,8-11,20H2,1H3;4-9,11,16H,2-3,10,12,20H2,1H3;2-7,12,19H,8-11H2,1H3;1H4. The van der Waals surface area contributed by atoms with Gasteiger partial charge in [0.1, 0.15) is 29.8 Å². The highest BCUT2D eigenvalue weighted by atomic mass is 16.5. The number of aromatic nitrogens is 12. The normalized spacial score (nSPS) is 15.5. The number of ether oxygens (including phenoxy) is 2. The van der Waals surface area contributed by atoms with Crippen LogP contribution in [-0.4, -0.2) is 190 Å². The Hall–Kier alpha value is -11.7. The number of anilines is 3.